The fraction of sp³-hybridized carbons (Fsp3) is 0.118. The molecule has 6 nitrogen and oxygen atoms in total. The Morgan fingerprint density at radius 1 is 1.26 bits per heavy atom. The lowest BCUT2D eigenvalue weighted by Gasteiger charge is -2.08. The summed E-state index contributed by atoms with van der Waals surface area (Å²) in [5.41, 5.74) is 1.15. The summed E-state index contributed by atoms with van der Waals surface area (Å²) in [7, 11) is 3.06. The van der Waals surface area contributed by atoms with Crippen LogP contribution in [0.1, 0.15) is 5.56 Å². The Morgan fingerprint density at radius 3 is 2.65 bits per heavy atom. The zero-order chi connectivity index (χ0) is 16.7. The largest absolute Gasteiger partial charge is 0.493 e. The lowest BCUT2D eigenvalue weighted by molar-refractivity contribution is -0.112. The first-order valence-electron chi connectivity index (χ1n) is 6.73. The second-order valence-corrected chi connectivity index (χ2v) is 4.48. The van der Waals surface area contributed by atoms with Gasteiger partial charge in [-0.25, -0.2) is 0 Å². The van der Waals surface area contributed by atoms with Gasteiger partial charge < -0.3 is 14.8 Å². The maximum Gasteiger partial charge on any atom is 0.266 e. The molecule has 0 unspecified atom stereocenters. The number of rotatable bonds is 5. The van der Waals surface area contributed by atoms with Crippen molar-refractivity contribution >= 4 is 17.7 Å². The van der Waals surface area contributed by atoms with Crippen molar-refractivity contribution in [3.05, 3.63) is 53.9 Å². The van der Waals surface area contributed by atoms with Crippen LogP contribution in [-0.2, 0) is 4.79 Å². The summed E-state index contributed by atoms with van der Waals surface area (Å²) >= 11 is 0. The van der Waals surface area contributed by atoms with Gasteiger partial charge in [-0.1, -0.05) is 6.07 Å². The Bertz CT molecular complexity index is 764. The van der Waals surface area contributed by atoms with Crippen LogP contribution in [0.15, 0.2) is 48.3 Å². The minimum atomic E-state index is -0.504. The summed E-state index contributed by atoms with van der Waals surface area (Å²) in [5.74, 6) is 0.587. The van der Waals surface area contributed by atoms with Crippen LogP contribution in [-0.4, -0.2) is 25.1 Å². The minimum absolute atomic E-state index is 0.0268. The summed E-state index contributed by atoms with van der Waals surface area (Å²) in [6.45, 7) is 0. The van der Waals surface area contributed by atoms with Gasteiger partial charge in [-0.05, 0) is 35.9 Å². The van der Waals surface area contributed by atoms with E-state index in [1.165, 1.54) is 26.5 Å². The Labute approximate surface area is 134 Å². The Kier molecular flexibility index (Phi) is 5.31. The predicted octanol–water partition coefficient (Wildman–Crippen LogP) is 2.64. The van der Waals surface area contributed by atoms with Gasteiger partial charge in [-0.15, -0.1) is 0 Å². The molecule has 2 rings (SSSR count). The molecular formula is C17H15N3O3. The minimum Gasteiger partial charge on any atom is -0.493 e. The van der Waals surface area contributed by atoms with Crippen LogP contribution in [0.5, 0.6) is 11.5 Å². The van der Waals surface area contributed by atoms with Crippen molar-refractivity contribution in [3.63, 3.8) is 0 Å². The fourth-order valence-corrected chi connectivity index (χ4v) is 1.89. The number of pyridine rings is 1. The monoisotopic (exact) mass is 309 g/mol. The first kappa shape index (κ1) is 16.0. The topological polar surface area (TPSA) is 84.2 Å². The summed E-state index contributed by atoms with van der Waals surface area (Å²) < 4.78 is 10.4. The Balaban J connectivity index is 2.25. The van der Waals surface area contributed by atoms with Gasteiger partial charge in [0.05, 0.1) is 26.1 Å². The van der Waals surface area contributed by atoms with Crippen LogP contribution in [0, 0.1) is 11.3 Å². The van der Waals surface area contributed by atoms with E-state index in [0.717, 1.165) is 0 Å². The quantitative estimate of drug-likeness (QED) is 0.678. The maximum absolute atomic E-state index is 12.1. The van der Waals surface area contributed by atoms with Gasteiger partial charge in [-0.2, -0.15) is 5.26 Å². The van der Waals surface area contributed by atoms with Crippen molar-refractivity contribution in [2.45, 2.75) is 0 Å². The molecule has 2 aromatic rings. The summed E-state index contributed by atoms with van der Waals surface area (Å²) in [6.07, 6.45) is 4.58. The van der Waals surface area contributed by atoms with E-state index in [4.69, 9.17) is 9.47 Å². The SMILES string of the molecule is COc1ccc(/C=C(\C#N)C(=O)Nc2cccnc2)cc1OC. The van der Waals surface area contributed by atoms with Gasteiger partial charge in [0.1, 0.15) is 11.6 Å². The van der Waals surface area contributed by atoms with Gasteiger partial charge >= 0.3 is 0 Å². The van der Waals surface area contributed by atoms with E-state index in [-0.39, 0.29) is 5.57 Å². The van der Waals surface area contributed by atoms with Crippen LogP contribution >= 0.6 is 0 Å². The lowest BCUT2D eigenvalue weighted by Crippen LogP contribution is -2.13. The number of ether oxygens (including phenoxy) is 2. The van der Waals surface area contributed by atoms with Crippen LogP contribution in [0.4, 0.5) is 5.69 Å². The zero-order valence-corrected chi connectivity index (χ0v) is 12.7. The third-order valence-electron chi connectivity index (χ3n) is 3.00. The van der Waals surface area contributed by atoms with Crippen molar-refractivity contribution in [1.29, 1.82) is 5.26 Å². The zero-order valence-electron chi connectivity index (χ0n) is 12.7. The number of hydrogen-bond acceptors (Lipinski definition) is 5. The number of benzene rings is 1. The van der Waals surface area contributed by atoms with E-state index in [1.807, 2.05) is 6.07 Å². The molecule has 0 radical (unpaired) electrons. The smallest absolute Gasteiger partial charge is 0.266 e. The van der Waals surface area contributed by atoms with E-state index in [0.29, 0.717) is 22.7 Å². The number of nitrogens with zero attached hydrogens (tertiary/aromatic N) is 2. The molecule has 1 aromatic carbocycles. The second kappa shape index (κ2) is 7.61. The van der Waals surface area contributed by atoms with Gasteiger partial charge in [0.15, 0.2) is 11.5 Å². The molecule has 6 heteroatoms. The number of anilines is 1. The number of carbonyl (C=O) groups excluding carboxylic acids is 1. The average molecular weight is 309 g/mol. The van der Waals surface area contributed by atoms with Crippen LogP contribution < -0.4 is 14.8 Å². The van der Waals surface area contributed by atoms with Crippen molar-refractivity contribution in [1.82, 2.24) is 4.98 Å². The molecule has 0 atom stereocenters. The second-order valence-electron chi connectivity index (χ2n) is 4.48. The third kappa shape index (κ3) is 4.08. The van der Waals surface area contributed by atoms with Crippen LogP contribution in [0.25, 0.3) is 6.08 Å². The molecule has 1 amide bonds. The van der Waals surface area contributed by atoms with Gasteiger partial charge in [-0.3, -0.25) is 9.78 Å². The standard InChI is InChI=1S/C17H15N3O3/c1-22-15-6-5-12(9-16(15)23-2)8-13(10-18)17(21)20-14-4-3-7-19-11-14/h3-9,11H,1-2H3,(H,20,21)/b13-8+. The highest BCUT2D eigenvalue weighted by Crippen LogP contribution is 2.28. The van der Waals surface area contributed by atoms with Crippen LogP contribution in [0.2, 0.25) is 0 Å². The molecule has 1 heterocycles. The van der Waals surface area contributed by atoms with E-state index in [9.17, 15) is 10.1 Å². The van der Waals surface area contributed by atoms with E-state index >= 15 is 0 Å². The third-order valence-corrected chi connectivity index (χ3v) is 3.00. The van der Waals surface area contributed by atoms with E-state index < -0.39 is 5.91 Å². The molecule has 116 valence electrons. The molecule has 0 spiro atoms. The number of amides is 1. The van der Waals surface area contributed by atoms with Crippen molar-refractivity contribution in [2.75, 3.05) is 19.5 Å². The highest BCUT2D eigenvalue weighted by Gasteiger charge is 2.11. The van der Waals surface area contributed by atoms with Gasteiger partial charge in [0, 0.05) is 6.20 Å². The molecule has 0 aliphatic rings. The maximum atomic E-state index is 12.1. The number of methoxy groups -OCH3 is 2. The number of hydrogen-bond donors (Lipinski definition) is 1. The summed E-state index contributed by atoms with van der Waals surface area (Å²) in [4.78, 5) is 16.0. The highest BCUT2D eigenvalue weighted by atomic mass is 16.5. The number of nitrogens with one attached hydrogen (secondary N) is 1. The van der Waals surface area contributed by atoms with Gasteiger partial charge in [0.2, 0.25) is 0 Å². The number of nitriles is 1. The van der Waals surface area contributed by atoms with E-state index in [1.54, 1.807) is 36.5 Å². The molecule has 0 bridgehead atoms. The highest BCUT2D eigenvalue weighted by molar-refractivity contribution is 6.09. The van der Waals surface area contributed by atoms with Gasteiger partial charge in [0.25, 0.3) is 5.91 Å². The molecule has 0 saturated carbocycles. The molecule has 0 aliphatic heterocycles. The summed E-state index contributed by atoms with van der Waals surface area (Å²) in [5, 5.41) is 11.8. The molecule has 23 heavy (non-hydrogen) atoms. The fourth-order valence-electron chi connectivity index (χ4n) is 1.89. The van der Waals surface area contributed by atoms with E-state index in [2.05, 4.69) is 10.3 Å². The van der Waals surface area contributed by atoms with Crippen LogP contribution in [0.3, 0.4) is 0 Å². The average Bonchev–Trinajstić information content (AvgIpc) is 2.60. The van der Waals surface area contributed by atoms with Crippen molar-refractivity contribution < 1.29 is 14.3 Å². The lowest BCUT2D eigenvalue weighted by atomic mass is 10.1. The normalized spacial score (nSPS) is 10.6. The first-order valence-corrected chi connectivity index (χ1v) is 6.73. The molecule has 1 aromatic heterocycles. The van der Waals surface area contributed by atoms with Crippen molar-refractivity contribution in [3.8, 4) is 17.6 Å². The number of aromatic nitrogens is 1. The summed E-state index contributed by atoms with van der Waals surface area (Å²) in [6, 6.07) is 10.4. The first-order chi connectivity index (χ1) is 11.2. The number of carbonyl (C=O) groups is 1. The molecule has 0 aliphatic carbocycles. The molecule has 1 N–H and O–H groups in total. The molecule has 0 saturated heterocycles. The predicted molar refractivity (Wildman–Crippen MR) is 86.0 cm³/mol. The Hall–Kier alpha value is -3.33. The molecular weight excluding hydrogens is 294 g/mol. The van der Waals surface area contributed by atoms with Crippen molar-refractivity contribution in [2.24, 2.45) is 0 Å². The Morgan fingerprint density at radius 2 is 2.04 bits per heavy atom. The molecule has 0 fully saturated rings.